The summed E-state index contributed by atoms with van der Waals surface area (Å²) < 4.78 is 72.3. The number of ether oxygens (including phenoxy) is 2. The fourth-order valence-electron chi connectivity index (χ4n) is 1.85. The highest BCUT2D eigenvalue weighted by Gasteiger charge is 2.38. The van der Waals surface area contributed by atoms with Gasteiger partial charge in [0.15, 0.2) is 15.9 Å². The van der Waals surface area contributed by atoms with Crippen LogP contribution in [0.1, 0.15) is 6.92 Å². The molecule has 1 aliphatic heterocycles. The molecule has 1 atom stereocenters. The lowest BCUT2D eigenvalue weighted by Gasteiger charge is -2.19. The number of halogens is 3. The lowest BCUT2D eigenvalue weighted by Crippen LogP contribution is -2.28. The molecule has 1 unspecified atom stereocenters. The van der Waals surface area contributed by atoms with Crippen molar-refractivity contribution in [2.45, 2.75) is 24.1 Å². The maximum absolute atomic E-state index is 12.5. The Bertz CT molecular complexity index is 720. The van der Waals surface area contributed by atoms with Gasteiger partial charge in [0, 0.05) is 0 Å². The van der Waals surface area contributed by atoms with Crippen molar-refractivity contribution in [1.82, 2.24) is 0 Å². The zero-order valence-electron chi connectivity index (χ0n) is 12.2. The van der Waals surface area contributed by atoms with E-state index in [4.69, 9.17) is 9.47 Å². The standard InChI is InChI=1S/C15H15F3O4S/c1-11(15(16,17)18)22-12-5-4-10-23(19,20)14-7-3-2-6-13(14)21-9-8-12/h2-8,11H,9-10H2,1H3. The molecule has 23 heavy (non-hydrogen) atoms. The number of hydrogen-bond donors (Lipinski definition) is 0. The number of para-hydroxylation sites is 1. The SMILES string of the molecule is CC(OC1=CCOc2ccccc2S(=O)(=O)CC=C1)C(F)(F)F. The van der Waals surface area contributed by atoms with Crippen LogP contribution in [-0.2, 0) is 14.6 Å². The zero-order chi connectivity index (χ0) is 17.1. The van der Waals surface area contributed by atoms with Gasteiger partial charge in [-0.25, -0.2) is 8.42 Å². The van der Waals surface area contributed by atoms with E-state index in [1.54, 1.807) is 12.1 Å². The Hall–Kier alpha value is -1.96. The molecular formula is C15H15F3O4S. The molecule has 4 nitrogen and oxygen atoms in total. The third-order valence-corrected chi connectivity index (χ3v) is 4.72. The van der Waals surface area contributed by atoms with Crippen LogP contribution < -0.4 is 4.74 Å². The second-order valence-electron chi connectivity index (χ2n) is 4.85. The highest BCUT2D eigenvalue weighted by Crippen LogP contribution is 2.27. The van der Waals surface area contributed by atoms with Crippen LogP contribution in [0.15, 0.2) is 53.1 Å². The number of alkyl halides is 3. The second-order valence-corrected chi connectivity index (χ2v) is 6.85. The fraction of sp³-hybridized carbons (Fsp3) is 0.333. The van der Waals surface area contributed by atoms with Crippen molar-refractivity contribution in [2.24, 2.45) is 0 Å². The molecule has 0 spiro atoms. The Morgan fingerprint density at radius 3 is 2.65 bits per heavy atom. The van der Waals surface area contributed by atoms with Crippen LogP contribution in [0.3, 0.4) is 0 Å². The Balaban J connectivity index is 2.27. The van der Waals surface area contributed by atoms with E-state index in [1.165, 1.54) is 30.4 Å². The fourth-order valence-corrected chi connectivity index (χ4v) is 3.10. The van der Waals surface area contributed by atoms with Gasteiger partial charge in [0.05, 0.1) is 5.75 Å². The molecule has 0 amide bonds. The molecule has 8 heteroatoms. The van der Waals surface area contributed by atoms with Gasteiger partial charge in [0.2, 0.25) is 0 Å². The summed E-state index contributed by atoms with van der Waals surface area (Å²) in [6.07, 6.45) is -2.73. The molecule has 0 aromatic heterocycles. The molecule has 1 aromatic carbocycles. The third-order valence-electron chi connectivity index (χ3n) is 3.08. The maximum atomic E-state index is 12.5. The van der Waals surface area contributed by atoms with Crippen LogP contribution in [0.4, 0.5) is 13.2 Å². The molecule has 126 valence electrons. The number of benzene rings is 1. The number of rotatable bonds is 2. The topological polar surface area (TPSA) is 52.6 Å². The summed E-state index contributed by atoms with van der Waals surface area (Å²) in [6.45, 7) is 0.761. The van der Waals surface area contributed by atoms with Crippen LogP contribution >= 0.6 is 0 Å². The van der Waals surface area contributed by atoms with Gasteiger partial charge in [0.1, 0.15) is 23.0 Å². The number of allylic oxidation sites excluding steroid dienone is 1. The predicted molar refractivity (Wildman–Crippen MR) is 77.8 cm³/mol. The summed E-state index contributed by atoms with van der Waals surface area (Å²) in [7, 11) is -3.64. The lowest BCUT2D eigenvalue weighted by molar-refractivity contribution is -0.202. The van der Waals surface area contributed by atoms with Gasteiger partial charge in [-0.2, -0.15) is 13.2 Å². The first-order valence-corrected chi connectivity index (χ1v) is 8.40. The molecule has 1 aliphatic rings. The van der Waals surface area contributed by atoms with Crippen molar-refractivity contribution in [3.05, 3.63) is 48.3 Å². The molecule has 0 radical (unpaired) electrons. The highest BCUT2D eigenvalue weighted by molar-refractivity contribution is 7.91. The Kier molecular flexibility index (Phi) is 5.03. The van der Waals surface area contributed by atoms with Crippen molar-refractivity contribution in [3.63, 3.8) is 0 Å². The quantitative estimate of drug-likeness (QED) is 0.823. The van der Waals surface area contributed by atoms with Crippen molar-refractivity contribution in [1.29, 1.82) is 0 Å². The summed E-state index contributed by atoms with van der Waals surface area (Å²) in [4.78, 5) is 0.0473. The van der Waals surface area contributed by atoms with E-state index in [-0.39, 0.29) is 28.8 Å². The summed E-state index contributed by atoms with van der Waals surface area (Å²) in [5, 5.41) is 0. The summed E-state index contributed by atoms with van der Waals surface area (Å²) in [5.74, 6) is -0.305. The first-order valence-electron chi connectivity index (χ1n) is 6.75. The van der Waals surface area contributed by atoms with Crippen molar-refractivity contribution >= 4 is 9.84 Å². The maximum Gasteiger partial charge on any atom is 0.425 e. The molecule has 0 saturated heterocycles. The smallest absolute Gasteiger partial charge is 0.425 e. The minimum atomic E-state index is -4.51. The normalized spacial score (nSPS) is 19.0. The average molecular weight is 348 g/mol. The first kappa shape index (κ1) is 17.4. The third kappa shape index (κ3) is 4.51. The zero-order valence-corrected chi connectivity index (χ0v) is 13.0. The van der Waals surface area contributed by atoms with E-state index in [9.17, 15) is 21.6 Å². The van der Waals surface area contributed by atoms with E-state index in [2.05, 4.69) is 0 Å². The number of sulfone groups is 1. The molecule has 2 rings (SSSR count). The molecule has 1 heterocycles. The monoisotopic (exact) mass is 348 g/mol. The van der Waals surface area contributed by atoms with Gasteiger partial charge in [0.25, 0.3) is 0 Å². The van der Waals surface area contributed by atoms with Gasteiger partial charge in [-0.15, -0.1) is 0 Å². The van der Waals surface area contributed by atoms with Crippen molar-refractivity contribution in [3.8, 4) is 5.75 Å². The average Bonchev–Trinajstić information content (AvgIpc) is 2.45. The predicted octanol–water partition coefficient (Wildman–Crippen LogP) is 3.26. The van der Waals surface area contributed by atoms with Crippen LogP contribution in [0.2, 0.25) is 0 Å². The van der Waals surface area contributed by atoms with E-state index >= 15 is 0 Å². The van der Waals surface area contributed by atoms with Gasteiger partial charge >= 0.3 is 6.18 Å². The van der Waals surface area contributed by atoms with Gasteiger partial charge < -0.3 is 9.47 Å². The Morgan fingerprint density at radius 2 is 1.96 bits per heavy atom. The number of hydrogen-bond acceptors (Lipinski definition) is 4. The highest BCUT2D eigenvalue weighted by atomic mass is 32.2. The Labute approximate surface area is 132 Å². The molecule has 0 N–H and O–H groups in total. The van der Waals surface area contributed by atoms with Crippen molar-refractivity contribution < 1.29 is 31.1 Å². The number of fused-ring (bicyclic) bond motifs is 1. The summed E-state index contributed by atoms with van der Waals surface area (Å²) >= 11 is 0. The van der Waals surface area contributed by atoms with Crippen LogP contribution in [0, 0.1) is 0 Å². The Morgan fingerprint density at radius 1 is 1.26 bits per heavy atom. The van der Waals surface area contributed by atoms with Crippen LogP contribution in [0.25, 0.3) is 0 Å². The van der Waals surface area contributed by atoms with E-state index in [1.807, 2.05) is 0 Å². The van der Waals surface area contributed by atoms with Gasteiger partial charge in [-0.3, -0.25) is 0 Å². The van der Waals surface area contributed by atoms with Gasteiger partial charge in [-0.1, -0.05) is 18.2 Å². The summed E-state index contributed by atoms with van der Waals surface area (Å²) in [5.41, 5.74) is 0. The molecule has 0 fully saturated rings. The first-order chi connectivity index (χ1) is 10.7. The summed E-state index contributed by atoms with van der Waals surface area (Å²) in [6, 6.07) is 6.10. The van der Waals surface area contributed by atoms with E-state index in [0.29, 0.717) is 0 Å². The molecule has 0 aliphatic carbocycles. The lowest BCUT2D eigenvalue weighted by atomic mass is 10.3. The minimum Gasteiger partial charge on any atom is -0.488 e. The van der Waals surface area contributed by atoms with Crippen LogP contribution in [0.5, 0.6) is 5.75 Å². The largest absolute Gasteiger partial charge is 0.488 e. The molecular weight excluding hydrogens is 333 g/mol. The van der Waals surface area contributed by atoms with E-state index < -0.39 is 22.1 Å². The van der Waals surface area contributed by atoms with Crippen LogP contribution in [-0.4, -0.2) is 33.1 Å². The molecule has 0 bridgehead atoms. The molecule has 0 saturated carbocycles. The van der Waals surface area contributed by atoms with Crippen molar-refractivity contribution in [2.75, 3.05) is 12.4 Å². The molecule has 1 aromatic rings. The van der Waals surface area contributed by atoms with Gasteiger partial charge in [-0.05, 0) is 31.2 Å². The second kappa shape index (κ2) is 6.66. The minimum absolute atomic E-state index is 0.0473. The van der Waals surface area contributed by atoms with E-state index in [0.717, 1.165) is 6.92 Å².